The summed E-state index contributed by atoms with van der Waals surface area (Å²) in [4.78, 5) is 39.4. The molecule has 0 saturated carbocycles. The first-order valence-electron chi connectivity index (χ1n) is 11.2. The molecule has 0 aromatic heterocycles. The molecule has 184 valence electrons. The quantitative estimate of drug-likeness (QED) is 0.490. The predicted octanol–water partition coefficient (Wildman–Crippen LogP) is 3.37. The first kappa shape index (κ1) is 28.4. The Morgan fingerprint density at radius 1 is 1.03 bits per heavy atom. The molecule has 0 heterocycles. The summed E-state index contributed by atoms with van der Waals surface area (Å²) in [6, 6.07) is 7.86. The summed E-state index contributed by atoms with van der Waals surface area (Å²) in [6.07, 6.45) is 0.178. The van der Waals surface area contributed by atoms with Crippen molar-refractivity contribution in [1.29, 1.82) is 0 Å². The van der Waals surface area contributed by atoms with Crippen LogP contribution < -0.4 is 5.32 Å². The molecule has 0 aliphatic heterocycles. The maximum absolute atomic E-state index is 13.5. The summed E-state index contributed by atoms with van der Waals surface area (Å²) in [5.41, 5.74) is -0.572. The van der Waals surface area contributed by atoms with Crippen LogP contribution in [0, 0.1) is 11.3 Å². The summed E-state index contributed by atoms with van der Waals surface area (Å²) < 4.78 is 0. The molecule has 0 aliphatic rings. The molecular formula is C26H40N2O5. The van der Waals surface area contributed by atoms with Crippen LogP contribution in [0.3, 0.4) is 0 Å². The molecule has 7 heteroatoms. The van der Waals surface area contributed by atoms with Crippen LogP contribution in [0.15, 0.2) is 42.0 Å². The van der Waals surface area contributed by atoms with E-state index in [0.29, 0.717) is 0 Å². The van der Waals surface area contributed by atoms with Crippen molar-refractivity contribution >= 4 is 17.8 Å². The fourth-order valence-electron chi connectivity index (χ4n) is 3.65. The molecule has 0 saturated heterocycles. The van der Waals surface area contributed by atoms with E-state index in [2.05, 4.69) is 5.32 Å². The lowest BCUT2D eigenvalue weighted by Gasteiger charge is -2.39. The number of benzene rings is 1. The molecule has 2 amide bonds. The highest BCUT2D eigenvalue weighted by atomic mass is 16.4. The number of aliphatic hydroxyl groups is 1. The van der Waals surface area contributed by atoms with Gasteiger partial charge in [-0.3, -0.25) is 9.59 Å². The molecule has 1 rings (SSSR count). The molecular weight excluding hydrogens is 420 g/mol. The highest BCUT2D eigenvalue weighted by Crippen LogP contribution is 2.29. The van der Waals surface area contributed by atoms with Gasteiger partial charge in [0.2, 0.25) is 11.8 Å². The van der Waals surface area contributed by atoms with E-state index >= 15 is 0 Å². The van der Waals surface area contributed by atoms with Crippen LogP contribution in [0.4, 0.5) is 0 Å². The van der Waals surface area contributed by atoms with Gasteiger partial charge < -0.3 is 20.4 Å². The van der Waals surface area contributed by atoms with Crippen LogP contribution in [-0.4, -0.2) is 58.1 Å². The van der Waals surface area contributed by atoms with Gasteiger partial charge in [0, 0.05) is 18.0 Å². The van der Waals surface area contributed by atoms with Crippen LogP contribution in [0.25, 0.3) is 0 Å². The number of carbonyl (C=O) groups excluding carboxylic acids is 2. The number of carboxylic acids is 1. The number of carbonyl (C=O) groups is 3. The SMILES string of the molecule is C/C(=C\[C@H](C(C)C)N(C)C(=O)[C@@H](NC(=O)C(O)C(C)(C)c1ccccc1)C(C)(C)C)C(=O)O. The highest BCUT2D eigenvalue weighted by Gasteiger charge is 2.41. The largest absolute Gasteiger partial charge is 0.478 e. The van der Waals surface area contributed by atoms with E-state index in [4.69, 9.17) is 0 Å². The van der Waals surface area contributed by atoms with Crippen LogP contribution in [0.1, 0.15) is 61.0 Å². The van der Waals surface area contributed by atoms with E-state index in [9.17, 15) is 24.6 Å². The molecule has 33 heavy (non-hydrogen) atoms. The zero-order valence-corrected chi connectivity index (χ0v) is 21.3. The first-order valence-corrected chi connectivity index (χ1v) is 11.2. The Hall–Kier alpha value is -2.67. The number of nitrogens with one attached hydrogen (secondary N) is 1. The second-order valence-electron chi connectivity index (χ2n) is 10.6. The molecule has 1 unspecified atom stereocenters. The van der Waals surface area contributed by atoms with Gasteiger partial charge in [-0.25, -0.2) is 4.79 Å². The number of nitrogens with zero attached hydrogens (tertiary/aromatic N) is 1. The first-order chi connectivity index (χ1) is 15.0. The smallest absolute Gasteiger partial charge is 0.331 e. The molecule has 0 radical (unpaired) electrons. The Labute approximate surface area is 197 Å². The third kappa shape index (κ3) is 7.16. The molecule has 0 bridgehead atoms. The minimum absolute atomic E-state index is 0.0489. The number of rotatable bonds is 9. The van der Waals surface area contributed by atoms with E-state index in [0.717, 1.165) is 5.56 Å². The second kappa shape index (κ2) is 11.0. The van der Waals surface area contributed by atoms with Crippen molar-refractivity contribution < 1.29 is 24.6 Å². The fourth-order valence-corrected chi connectivity index (χ4v) is 3.65. The van der Waals surface area contributed by atoms with E-state index < -0.39 is 40.9 Å². The average molecular weight is 461 g/mol. The molecule has 0 aliphatic carbocycles. The fraction of sp³-hybridized carbons (Fsp3) is 0.577. The number of likely N-dealkylation sites (N-methyl/N-ethyl adjacent to an activating group) is 1. The van der Waals surface area contributed by atoms with Crippen molar-refractivity contribution in [2.75, 3.05) is 7.05 Å². The maximum atomic E-state index is 13.5. The Kier molecular flexibility index (Phi) is 9.43. The highest BCUT2D eigenvalue weighted by molar-refractivity contribution is 5.91. The standard InChI is InChI=1S/C26H40N2O5/c1-16(2)19(15-17(3)24(32)33)28(9)23(31)20(25(4,5)6)27-22(30)21(29)26(7,8)18-13-11-10-12-14-18/h10-16,19-21,29H,1-9H3,(H,27,30)(H,32,33)/b17-15+/t19-,20-,21?/m1/s1. The Morgan fingerprint density at radius 2 is 1.55 bits per heavy atom. The van der Waals surface area contributed by atoms with Gasteiger partial charge in [-0.05, 0) is 23.8 Å². The third-order valence-electron chi connectivity index (χ3n) is 6.09. The van der Waals surface area contributed by atoms with E-state index in [1.807, 2.05) is 65.0 Å². The van der Waals surface area contributed by atoms with E-state index in [1.165, 1.54) is 11.8 Å². The number of carboxylic acid groups (broad SMARTS) is 1. The zero-order chi connectivity index (χ0) is 25.7. The Morgan fingerprint density at radius 3 is 1.97 bits per heavy atom. The molecule has 1 aromatic carbocycles. The van der Waals surface area contributed by atoms with Crippen molar-refractivity contribution in [2.45, 2.75) is 79.0 Å². The third-order valence-corrected chi connectivity index (χ3v) is 6.09. The van der Waals surface area contributed by atoms with Crippen LogP contribution in [0.2, 0.25) is 0 Å². The summed E-state index contributed by atoms with van der Waals surface area (Å²) in [5.74, 6) is -2.08. The van der Waals surface area contributed by atoms with Gasteiger partial charge in [0.25, 0.3) is 0 Å². The average Bonchev–Trinajstić information content (AvgIpc) is 2.73. The zero-order valence-electron chi connectivity index (χ0n) is 21.3. The van der Waals surface area contributed by atoms with Gasteiger partial charge in [0.05, 0.1) is 6.04 Å². The van der Waals surface area contributed by atoms with Gasteiger partial charge in [0.15, 0.2) is 0 Å². The summed E-state index contributed by atoms with van der Waals surface area (Å²) in [6.45, 7) is 14.3. The lowest BCUT2D eigenvalue weighted by Crippen LogP contribution is -2.59. The number of aliphatic hydroxyl groups excluding tert-OH is 1. The number of aliphatic carboxylic acids is 1. The molecule has 7 nitrogen and oxygen atoms in total. The minimum atomic E-state index is -1.38. The maximum Gasteiger partial charge on any atom is 0.331 e. The van der Waals surface area contributed by atoms with Gasteiger partial charge in [-0.1, -0.05) is 84.9 Å². The van der Waals surface area contributed by atoms with Crippen molar-refractivity contribution in [3.8, 4) is 0 Å². The van der Waals surface area contributed by atoms with E-state index in [1.54, 1.807) is 27.0 Å². The van der Waals surface area contributed by atoms with Gasteiger partial charge >= 0.3 is 5.97 Å². The van der Waals surface area contributed by atoms with Crippen molar-refractivity contribution in [3.05, 3.63) is 47.5 Å². The van der Waals surface area contributed by atoms with Crippen molar-refractivity contribution in [2.24, 2.45) is 11.3 Å². The van der Waals surface area contributed by atoms with Gasteiger partial charge in [-0.15, -0.1) is 0 Å². The Bertz CT molecular complexity index is 868. The summed E-state index contributed by atoms with van der Waals surface area (Å²) in [7, 11) is 1.61. The lowest BCUT2D eigenvalue weighted by atomic mass is 9.78. The summed E-state index contributed by atoms with van der Waals surface area (Å²) in [5, 5.41) is 22.9. The molecule has 0 spiro atoms. The molecule has 1 aromatic rings. The van der Waals surface area contributed by atoms with Gasteiger partial charge in [-0.2, -0.15) is 0 Å². The van der Waals surface area contributed by atoms with Crippen molar-refractivity contribution in [1.82, 2.24) is 10.2 Å². The van der Waals surface area contributed by atoms with Crippen LogP contribution in [0.5, 0.6) is 0 Å². The number of hydrogen-bond donors (Lipinski definition) is 3. The minimum Gasteiger partial charge on any atom is -0.478 e. The topological polar surface area (TPSA) is 107 Å². The molecule has 3 atom stereocenters. The second-order valence-corrected chi connectivity index (χ2v) is 10.6. The normalized spacial score (nSPS) is 15.5. The van der Waals surface area contributed by atoms with E-state index in [-0.39, 0.29) is 17.4 Å². The molecule has 3 N–H and O–H groups in total. The van der Waals surface area contributed by atoms with Crippen LogP contribution >= 0.6 is 0 Å². The number of hydrogen-bond acceptors (Lipinski definition) is 4. The van der Waals surface area contributed by atoms with Crippen LogP contribution in [-0.2, 0) is 19.8 Å². The summed E-state index contributed by atoms with van der Waals surface area (Å²) >= 11 is 0. The lowest BCUT2D eigenvalue weighted by molar-refractivity contribution is -0.143. The molecule has 0 fully saturated rings. The van der Waals surface area contributed by atoms with Gasteiger partial charge in [0.1, 0.15) is 12.1 Å². The predicted molar refractivity (Wildman–Crippen MR) is 130 cm³/mol. The van der Waals surface area contributed by atoms with Crippen molar-refractivity contribution in [3.63, 3.8) is 0 Å². The number of amides is 2. The Balaban J connectivity index is 3.22. The monoisotopic (exact) mass is 460 g/mol.